The Bertz CT molecular complexity index is 1200. The Morgan fingerprint density at radius 2 is 1.45 bits per heavy atom. The molecule has 3 N–H and O–H groups in total. The third-order valence-electron chi connectivity index (χ3n) is 5.22. The lowest BCUT2D eigenvalue weighted by atomic mass is 10.1. The molecule has 1 aromatic heterocycles. The fourth-order valence-corrected chi connectivity index (χ4v) is 3.41. The van der Waals surface area contributed by atoms with Crippen molar-refractivity contribution in [2.24, 2.45) is 0 Å². The zero-order valence-electron chi connectivity index (χ0n) is 18.2. The number of nitrogens with zero attached hydrogens (tertiary/aromatic N) is 1. The first kappa shape index (κ1) is 22.2. The number of benzene rings is 3. The van der Waals surface area contributed by atoms with Crippen LogP contribution in [0.25, 0.3) is 10.9 Å². The molecule has 7 heteroatoms. The van der Waals surface area contributed by atoms with Gasteiger partial charge in [0.1, 0.15) is 0 Å². The minimum absolute atomic E-state index is 0.127. The second-order valence-corrected chi connectivity index (χ2v) is 7.70. The fourth-order valence-electron chi connectivity index (χ4n) is 3.41. The van der Waals surface area contributed by atoms with Crippen molar-refractivity contribution in [2.45, 2.75) is 26.2 Å². The second kappa shape index (κ2) is 11.1. The largest absolute Gasteiger partial charge is 0.372 e. The van der Waals surface area contributed by atoms with Gasteiger partial charge in [-0.25, -0.2) is 0 Å². The van der Waals surface area contributed by atoms with E-state index in [4.69, 9.17) is 4.74 Å². The number of nitrogens with one attached hydrogen (secondary N) is 3. The molecule has 168 valence electrons. The second-order valence-electron chi connectivity index (χ2n) is 7.70. The molecule has 0 aliphatic heterocycles. The quantitative estimate of drug-likeness (QED) is 0.349. The van der Waals surface area contributed by atoms with E-state index in [9.17, 15) is 9.59 Å². The van der Waals surface area contributed by atoms with E-state index in [0.717, 1.165) is 27.6 Å². The third kappa shape index (κ3) is 6.27. The number of aromatic nitrogens is 2. The molecule has 7 nitrogen and oxygen atoms in total. The number of carbonyl (C=O) groups excluding carboxylic acids is 2. The highest BCUT2D eigenvalue weighted by atomic mass is 16.5. The number of para-hydroxylation sites is 1. The molecule has 0 fully saturated rings. The lowest BCUT2D eigenvalue weighted by Crippen LogP contribution is -2.30. The molecule has 0 atom stereocenters. The number of aromatic amines is 1. The van der Waals surface area contributed by atoms with E-state index in [1.54, 1.807) is 0 Å². The summed E-state index contributed by atoms with van der Waals surface area (Å²) in [7, 11) is 0. The standard InChI is InChI=1S/C26H26N4O3/c31-24(14-15-27-26(32)25-22-8-4-5-9-23(22)29-30-25)28-16-19-10-12-21(13-11-19)18-33-17-20-6-2-1-3-7-20/h1-13H,14-18H2,(H,27,32)(H,28,31)(H,29,30). The van der Waals surface area contributed by atoms with Gasteiger partial charge in [-0.1, -0.05) is 72.8 Å². The fraction of sp³-hybridized carbons (Fsp3) is 0.192. The van der Waals surface area contributed by atoms with E-state index in [1.807, 2.05) is 78.9 Å². The van der Waals surface area contributed by atoms with E-state index in [0.29, 0.717) is 25.5 Å². The summed E-state index contributed by atoms with van der Waals surface area (Å²) >= 11 is 0. The summed E-state index contributed by atoms with van der Waals surface area (Å²) in [6, 6.07) is 25.4. The highest BCUT2D eigenvalue weighted by Gasteiger charge is 2.13. The van der Waals surface area contributed by atoms with Crippen molar-refractivity contribution in [3.63, 3.8) is 0 Å². The normalized spacial score (nSPS) is 10.8. The van der Waals surface area contributed by atoms with Gasteiger partial charge in [0.25, 0.3) is 5.91 Å². The maximum absolute atomic E-state index is 12.3. The highest BCUT2D eigenvalue weighted by Crippen LogP contribution is 2.14. The van der Waals surface area contributed by atoms with Crippen LogP contribution in [0.5, 0.6) is 0 Å². The van der Waals surface area contributed by atoms with Crippen LogP contribution in [0.3, 0.4) is 0 Å². The Hall–Kier alpha value is -3.97. The summed E-state index contributed by atoms with van der Waals surface area (Å²) in [5.41, 5.74) is 4.36. The molecule has 33 heavy (non-hydrogen) atoms. The molecule has 4 rings (SSSR count). The summed E-state index contributed by atoms with van der Waals surface area (Å²) in [6.07, 6.45) is 0.194. The van der Waals surface area contributed by atoms with Crippen LogP contribution in [-0.2, 0) is 29.3 Å². The van der Waals surface area contributed by atoms with Crippen molar-refractivity contribution in [2.75, 3.05) is 6.54 Å². The number of ether oxygens (including phenoxy) is 1. The van der Waals surface area contributed by atoms with Gasteiger partial charge in [-0.2, -0.15) is 5.10 Å². The molecule has 0 unspecified atom stereocenters. The molecule has 1 heterocycles. The van der Waals surface area contributed by atoms with E-state index >= 15 is 0 Å². The van der Waals surface area contributed by atoms with E-state index in [2.05, 4.69) is 20.8 Å². The summed E-state index contributed by atoms with van der Waals surface area (Å²) < 4.78 is 5.75. The van der Waals surface area contributed by atoms with E-state index < -0.39 is 0 Å². The van der Waals surface area contributed by atoms with Crippen molar-refractivity contribution in [1.29, 1.82) is 0 Å². The molecule has 2 amide bonds. The maximum atomic E-state index is 12.3. The van der Waals surface area contributed by atoms with Gasteiger partial charge in [-0.05, 0) is 22.8 Å². The number of amides is 2. The van der Waals surface area contributed by atoms with Crippen LogP contribution in [0.15, 0.2) is 78.9 Å². The Morgan fingerprint density at radius 3 is 2.24 bits per heavy atom. The molecular weight excluding hydrogens is 416 g/mol. The van der Waals surface area contributed by atoms with Crippen LogP contribution in [0, 0.1) is 0 Å². The number of hydrogen-bond donors (Lipinski definition) is 3. The van der Waals surface area contributed by atoms with E-state index in [1.165, 1.54) is 0 Å². The number of carbonyl (C=O) groups is 2. The Morgan fingerprint density at radius 1 is 0.788 bits per heavy atom. The highest BCUT2D eigenvalue weighted by molar-refractivity contribution is 6.04. The monoisotopic (exact) mass is 442 g/mol. The van der Waals surface area contributed by atoms with Gasteiger partial charge in [0.05, 0.1) is 18.7 Å². The van der Waals surface area contributed by atoms with Crippen LogP contribution >= 0.6 is 0 Å². The predicted molar refractivity (Wildman–Crippen MR) is 126 cm³/mol. The molecule has 0 spiro atoms. The first-order valence-electron chi connectivity index (χ1n) is 10.9. The van der Waals surface area contributed by atoms with Crippen LogP contribution in [0.1, 0.15) is 33.6 Å². The molecular formula is C26H26N4O3. The smallest absolute Gasteiger partial charge is 0.272 e. The number of H-pyrrole nitrogens is 1. The van der Waals surface area contributed by atoms with Gasteiger partial charge < -0.3 is 15.4 Å². The SMILES string of the molecule is O=C(CCNC(=O)c1n[nH]c2ccccc12)NCc1ccc(COCc2ccccc2)cc1. The van der Waals surface area contributed by atoms with Crippen molar-refractivity contribution in [1.82, 2.24) is 20.8 Å². The van der Waals surface area contributed by atoms with Crippen LogP contribution < -0.4 is 10.6 Å². The maximum Gasteiger partial charge on any atom is 0.272 e. The lowest BCUT2D eigenvalue weighted by Gasteiger charge is -2.08. The molecule has 0 radical (unpaired) electrons. The Labute approximate surface area is 192 Å². The zero-order valence-corrected chi connectivity index (χ0v) is 18.2. The molecule has 0 aliphatic rings. The minimum Gasteiger partial charge on any atom is -0.372 e. The van der Waals surface area contributed by atoms with Crippen LogP contribution in [0.2, 0.25) is 0 Å². The molecule has 0 aliphatic carbocycles. The van der Waals surface area contributed by atoms with Crippen molar-refractivity contribution < 1.29 is 14.3 Å². The first-order chi connectivity index (χ1) is 16.2. The average molecular weight is 443 g/mol. The van der Waals surface area contributed by atoms with Crippen molar-refractivity contribution in [3.8, 4) is 0 Å². The number of hydrogen-bond acceptors (Lipinski definition) is 4. The lowest BCUT2D eigenvalue weighted by molar-refractivity contribution is -0.121. The Balaban J connectivity index is 1.15. The molecule has 0 saturated heterocycles. The topological polar surface area (TPSA) is 96.1 Å². The third-order valence-corrected chi connectivity index (χ3v) is 5.22. The first-order valence-corrected chi connectivity index (χ1v) is 10.9. The van der Waals surface area contributed by atoms with E-state index in [-0.39, 0.29) is 24.8 Å². The number of rotatable bonds is 10. The van der Waals surface area contributed by atoms with Crippen molar-refractivity contribution in [3.05, 3.63) is 101 Å². The number of fused-ring (bicyclic) bond motifs is 1. The summed E-state index contributed by atoms with van der Waals surface area (Å²) in [5.74, 6) is -0.428. The minimum atomic E-state index is -0.301. The predicted octanol–water partition coefficient (Wildman–Crippen LogP) is 3.72. The molecule has 0 bridgehead atoms. The van der Waals surface area contributed by atoms with Gasteiger partial charge in [0, 0.05) is 24.9 Å². The zero-order chi connectivity index (χ0) is 22.9. The van der Waals surface area contributed by atoms with Crippen molar-refractivity contribution >= 4 is 22.7 Å². The van der Waals surface area contributed by atoms with Crippen LogP contribution in [0.4, 0.5) is 0 Å². The molecule has 4 aromatic rings. The van der Waals surface area contributed by atoms with Gasteiger partial charge in [-0.3, -0.25) is 14.7 Å². The van der Waals surface area contributed by atoms with Crippen LogP contribution in [-0.4, -0.2) is 28.6 Å². The molecule has 3 aromatic carbocycles. The summed E-state index contributed by atoms with van der Waals surface area (Å²) in [5, 5.41) is 13.3. The summed E-state index contributed by atoms with van der Waals surface area (Å²) in [6.45, 7) is 1.78. The average Bonchev–Trinajstić information content (AvgIpc) is 3.28. The Kier molecular flexibility index (Phi) is 7.45. The van der Waals surface area contributed by atoms with Gasteiger partial charge in [-0.15, -0.1) is 0 Å². The molecule has 0 saturated carbocycles. The summed E-state index contributed by atoms with van der Waals surface area (Å²) in [4.78, 5) is 24.5. The van der Waals surface area contributed by atoms with Gasteiger partial charge in [0.2, 0.25) is 5.91 Å². The van der Waals surface area contributed by atoms with Gasteiger partial charge >= 0.3 is 0 Å². The van der Waals surface area contributed by atoms with Gasteiger partial charge in [0.15, 0.2) is 5.69 Å².